The molecule has 0 N–H and O–H groups in total. The van der Waals surface area contributed by atoms with E-state index < -0.39 is 0 Å². The average molecular weight is 269 g/mol. The minimum absolute atomic E-state index is 0.170. The maximum Gasteiger partial charge on any atom is 0.125 e. The highest BCUT2D eigenvalue weighted by Gasteiger charge is 2.36. The minimum Gasteiger partial charge on any atom is -0.321 e. The number of aromatic nitrogens is 2. The smallest absolute Gasteiger partial charge is 0.125 e. The van der Waals surface area contributed by atoms with Gasteiger partial charge in [0.15, 0.2) is 0 Å². The Morgan fingerprint density at radius 2 is 2.18 bits per heavy atom. The largest absolute Gasteiger partial charge is 0.321 e. The Balaban J connectivity index is 2.29. The molecule has 1 aliphatic rings. The lowest BCUT2D eigenvalue weighted by molar-refractivity contribution is 0.171. The molecular formula is C13H14Cl2N2. The first-order valence-electron chi connectivity index (χ1n) is 5.87. The first kappa shape index (κ1) is 11.4. The van der Waals surface area contributed by atoms with Crippen molar-refractivity contribution in [1.29, 1.82) is 0 Å². The van der Waals surface area contributed by atoms with Gasteiger partial charge in [-0.3, -0.25) is 0 Å². The summed E-state index contributed by atoms with van der Waals surface area (Å²) >= 11 is 12.1. The monoisotopic (exact) mass is 268 g/mol. The number of hydrogen-bond donors (Lipinski definition) is 0. The van der Waals surface area contributed by atoms with Crippen molar-refractivity contribution in [3.8, 4) is 0 Å². The zero-order chi connectivity index (χ0) is 12.0. The normalized spacial score (nSPS) is 18.3. The summed E-state index contributed by atoms with van der Waals surface area (Å²) in [5.74, 6) is 1.40. The second-order valence-electron chi connectivity index (χ2n) is 4.98. The van der Waals surface area contributed by atoms with Crippen LogP contribution in [-0.4, -0.2) is 9.55 Å². The van der Waals surface area contributed by atoms with Gasteiger partial charge in [-0.2, -0.15) is 0 Å². The van der Waals surface area contributed by atoms with Gasteiger partial charge in [0.1, 0.15) is 5.82 Å². The molecule has 0 unspecified atom stereocenters. The summed E-state index contributed by atoms with van der Waals surface area (Å²) < 4.78 is 2.28. The van der Waals surface area contributed by atoms with Gasteiger partial charge in [0, 0.05) is 10.6 Å². The van der Waals surface area contributed by atoms with E-state index in [1.807, 2.05) is 18.2 Å². The summed E-state index contributed by atoms with van der Waals surface area (Å²) in [5, 5.41) is 0.752. The molecule has 1 aliphatic carbocycles. The fourth-order valence-electron chi connectivity index (χ4n) is 2.70. The summed E-state index contributed by atoms with van der Waals surface area (Å²) in [6, 6.07) is 5.83. The van der Waals surface area contributed by atoms with Crippen LogP contribution in [0.3, 0.4) is 0 Å². The molecule has 1 aromatic heterocycles. The molecule has 1 heterocycles. The first-order valence-corrected chi connectivity index (χ1v) is 6.79. The van der Waals surface area contributed by atoms with Gasteiger partial charge in [-0.15, -0.1) is 11.6 Å². The van der Waals surface area contributed by atoms with E-state index in [1.165, 1.54) is 19.3 Å². The molecule has 2 nitrogen and oxygen atoms in total. The van der Waals surface area contributed by atoms with Crippen molar-refractivity contribution in [1.82, 2.24) is 9.55 Å². The molecule has 0 radical (unpaired) electrons. The van der Waals surface area contributed by atoms with Crippen molar-refractivity contribution in [2.75, 3.05) is 0 Å². The van der Waals surface area contributed by atoms with Crippen LogP contribution in [0.2, 0.25) is 5.02 Å². The van der Waals surface area contributed by atoms with Gasteiger partial charge in [-0.05, 0) is 44.4 Å². The number of hydrogen-bond acceptors (Lipinski definition) is 1. The van der Waals surface area contributed by atoms with Crippen LogP contribution in [-0.2, 0) is 11.4 Å². The van der Waals surface area contributed by atoms with Crippen molar-refractivity contribution in [2.45, 2.75) is 37.6 Å². The van der Waals surface area contributed by atoms with Crippen LogP contribution in [0.4, 0.5) is 0 Å². The second-order valence-corrected chi connectivity index (χ2v) is 5.68. The van der Waals surface area contributed by atoms with Gasteiger partial charge in [-0.25, -0.2) is 4.98 Å². The molecule has 90 valence electrons. The Bertz CT molecular complexity index is 570. The van der Waals surface area contributed by atoms with Crippen LogP contribution in [0, 0.1) is 0 Å². The number of halogens is 2. The third kappa shape index (κ3) is 1.66. The van der Waals surface area contributed by atoms with Crippen molar-refractivity contribution < 1.29 is 0 Å². The van der Waals surface area contributed by atoms with E-state index in [0.29, 0.717) is 5.88 Å². The molecular weight excluding hydrogens is 255 g/mol. The van der Waals surface area contributed by atoms with E-state index in [-0.39, 0.29) is 5.54 Å². The Hall–Kier alpha value is -0.730. The highest BCUT2D eigenvalue weighted by atomic mass is 35.5. The molecule has 1 fully saturated rings. The predicted molar refractivity (Wildman–Crippen MR) is 71.8 cm³/mol. The SMILES string of the molecule is CC1(n2c(CCl)nc3ccc(Cl)cc32)CCC1. The molecule has 1 saturated carbocycles. The molecule has 2 aromatic rings. The molecule has 0 saturated heterocycles. The lowest BCUT2D eigenvalue weighted by Crippen LogP contribution is -2.38. The number of alkyl halides is 1. The Kier molecular flexibility index (Phi) is 2.60. The number of benzene rings is 1. The summed E-state index contributed by atoms with van der Waals surface area (Å²) in [7, 11) is 0. The molecule has 1 aromatic carbocycles. The minimum atomic E-state index is 0.170. The number of fused-ring (bicyclic) bond motifs is 1. The van der Waals surface area contributed by atoms with Gasteiger partial charge in [0.25, 0.3) is 0 Å². The standard InChI is InChI=1S/C13H14Cl2N2/c1-13(5-2-6-13)17-11-7-9(15)3-4-10(11)16-12(17)8-14/h3-4,7H,2,5-6,8H2,1H3. The molecule has 0 bridgehead atoms. The average Bonchev–Trinajstić information content (AvgIpc) is 2.64. The predicted octanol–water partition coefficient (Wildman–Crippen LogP) is 4.33. The van der Waals surface area contributed by atoms with Crippen LogP contribution < -0.4 is 0 Å². The molecule has 3 rings (SSSR count). The first-order chi connectivity index (χ1) is 8.14. The lowest BCUT2D eigenvalue weighted by Gasteiger charge is -2.41. The quantitative estimate of drug-likeness (QED) is 0.742. The molecule has 4 heteroatoms. The zero-order valence-electron chi connectivity index (χ0n) is 9.71. The molecule has 0 atom stereocenters. The van der Waals surface area contributed by atoms with Gasteiger partial charge in [-0.1, -0.05) is 11.6 Å². The fourth-order valence-corrected chi connectivity index (χ4v) is 3.05. The van der Waals surface area contributed by atoms with E-state index in [2.05, 4.69) is 16.5 Å². The molecule has 0 aliphatic heterocycles. The van der Waals surface area contributed by atoms with Crippen molar-refractivity contribution in [3.05, 3.63) is 29.0 Å². The van der Waals surface area contributed by atoms with E-state index in [0.717, 1.165) is 21.9 Å². The maximum absolute atomic E-state index is 6.08. The summed E-state index contributed by atoms with van der Waals surface area (Å²) in [6.45, 7) is 2.27. The number of imidazole rings is 1. The fraction of sp³-hybridized carbons (Fsp3) is 0.462. The van der Waals surface area contributed by atoms with Crippen LogP contribution >= 0.6 is 23.2 Å². The third-order valence-corrected chi connectivity index (χ3v) is 4.25. The van der Waals surface area contributed by atoms with E-state index >= 15 is 0 Å². The van der Waals surface area contributed by atoms with Crippen LogP contribution in [0.1, 0.15) is 32.0 Å². The van der Waals surface area contributed by atoms with Crippen molar-refractivity contribution in [3.63, 3.8) is 0 Å². The van der Waals surface area contributed by atoms with E-state index in [4.69, 9.17) is 23.2 Å². The van der Waals surface area contributed by atoms with Gasteiger partial charge < -0.3 is 4.57 Å². The van der Waals surface area contributed by atoms with Gasteiger partial charge in [0.05, 0.1) is 16.9 Å². The molecule has 17 heavy (non-hydrogen) atoms. The topological polar surface area (TPSA) is 17.8 Å². The second kappa shape index (κ2) is 3.89. The summed E-state index contributed by atoms with van der Waals surface area (Å²) in [5.41, 5.74) is 2.26. The highest BCUT2D eigenvalue weighted by molar-refractivity contribution is 6.31. The van der Waals surface area contributed by atoms with E-state index in [1.54, 1.807) is 0 Å². The van der Waals surface area contributed by atoms with Crippen LogP contribution in [0.15, 0.2) is 18.2 Å². The van der Waals surface area contributed by atoms with Crippen LogP contribution in [0.5, 0.6) is 0 Å². The lowest BCUT2D eigenvalue weighted by atomic mass is 9.78. The molecule has 0 spiro atoms. The Morgan fingerprint density at radius 1 is 1.41 bits per heavy atom. The Morgan fingerprint density at radius 3 is 2.76 bits per heavy atom. The number of rotatable bonds is 2. The highest BCUT2D eigenvalue weighted by Crippen LogP contribution is 2.42. The summed E-state index contributed by atoms with van der Waals surface area (Å²) in [6.07, 6.45) is 3.65. The third-order valence-electron chi connectivity index (χ3n) is 3.78. The summed E-state index contributed by atoms with van der Waals surface area (Å²) in [4.78, 5) is 4.59. The maximum atomic E-state index is 6.08. The van der Waals surface area contributed by atoms with Crippen molar-refractivity contribution in [2.24, 2.45) is 0 Å². The Labute approximate surface area is 111 Å². The van der Waals surface area contributed by atoms with E-state index in [9.17, 15) is 0 Å². The number of nitrogens with zero attached hydrogens (tertiary/aromatic N) is 2. The van der Waals surface area contributed by atoms with Crippen molar-refractivity contribution >= 4 is 34.2 Å². The van der Waals surface area contributed by atoms with Gasteiger partial charge >= 0.3 is 0 Å². The molecule has 0 amide bonds. The van der Waals surface area contributed by atoms with Crippen LogP contribution in [0.25, 0.3) is 11.0 Å². The van der Waals surface area contributed by atoms with Gasteiger partial charge in [0.2, 0.25) is 0 Å². The zero-order valence-corrected chi connectivity index (χ0v) is 11.2.